The van der Waals surface area contributed by atoms with Gasteiger partial charge in [0.05, 0.1) is 24.5 Å². The number of nitrogens with one attached hydrogen (secondary N) is 1. The summed E-state index contributed by atoms with van der Waals surface area (Å²) in [7, 11) is 0. The molecule has 0 saturated carbocycles. The van der Waals surface area contributed by atoms with Gasteiger partial charge in [-0.1, -0.05) is 17.3 Å². The van der Waals surface area contributed by atoms with Crippen LogP contribution < -0.4 is 11.1 Å². The van der Waals surface area contributed by atoms with Gasteiger partial charge in [-0.05, 0) is 19.1 Å². The first-order valence-electron chi connectivity index (χ1n) is 7.54. The van der Waals surface area contributed by atoms with Gasteiger partial charge >= 0.3 is 0 Å². The number of carbonyl (C=O) groups excluding carboxylic acids is 1. The second-order valence-corrected chi connectivity index (χ2v) is 5.55. The number of amides is 1. The fourth-order valence-electron chi connectivity index (χ4n) is 2.42. The van der Waals surface area contributed by atoms with Crippen LogP contribution in [0.15, 0.2) is 36.7 Å². The van der Waals surface area contributed by atoms with E-state index in [0.717, 1.165) is 16.5 Å². The Bertz CT molecular complexity index is 919. The molecule has 0 aliphatic heterocycles. The first-order chi connectivity index (χ1) is 11.9. The highest BCUT2D eigenvalue weighted by Crippen LogP contribution is 2.22. The summed E-state index contributed by atoms with van der Waals surface area (Å²) in [6, 6.07) is 7.39. The highest BCUT2D eigenvalue weighted by atomic mass is 19.3. The van der Waals surface area contributed by atoms with Crippen molar-refractivity contribution in [2.75, 3.05) is 13.1 Å². The maximum atomic E-state index is 13.2. The summed E-state index contributed by atoms with van der Waals surface area (Å²) >= 11 is 0. The molecular weight excluding hydrogens is 330 g/mol. The number of benzene rings is 1. The standard InChI is InChI=1S/C16H16F2N6O/c1-10-14(15(25)21-9-16(17,18)8-19)22-23-24(10)13-4-2-3-11-7-20-6-5-12(11)13/h2-7H,8-9,19H2,1H3,(H,21,25). The van der Waals surface area contributed by atoms with Crippen molar-refractivity contribution in [2.24, 2.45) is 5.73 Å². The molecule has 0 saturated heterocycles. The van der Waals surface area contributed by atoms with E-state index in [0.29, 0.717) is 5.69 Å². The van der Waals surface area contributed by atoms with Crippen LogP contribution in [0.5, 0.6) is 0 Å². The number of hydrogen-bond acceptors (Lipinski definition) is 5. The van der Waals surface area contributed by atoms with Crippen molar-refractivity contribution in [1.82, 2.24) is 25.3 Å². The number of hydrogen-bond donors (Lipinski definition) is 2. The molecule has 0 fully saturated rings. The predicted octanol–water partition coefficient (Wildman–Crippen LogP) is 1.45. The topological polar surface area (TPSA) is 98.7 Å². The van der Waals surface area contributed by atoms with Crippen molar-refractivity contribution in [2.45, 2.75) is 12.8 Å². The number of carbonyl (C=O) groups is 1. The highest BCUT2D eigenvalue weighted by Gasteiger charge is 2.28. The molecule has 0 bridgehead atoms. The molecule has 3 aromatic rings. The van der Waals surface area contributed by atoms with Gasteiger partial charge in [-0.15, -0.1) is 5.10 Å². The number of pyridine rings is 1. The molecule has 9 heteroatoms. The molecule has 0 aliphatic rings. The summed E-state index contributed by atoms with van der Waals surface area (Å²) in [6.45, 7) is -0.0480. The Morgan fingerprint density at radius 1 is 1.36 bits per heavy atom. The van der Waals surface area contributed by atoms with Crippen molar-refractivity contribution in [3.63, 3.8) is 0 Å². The molecule has 3 N–H and O–H groups in total. The molecule has 0 atom stereocenters. The zero-order valence-electron chi connectivity index (χ0n) is 13.4. The minimum absolute atomic E-state index is 0.0149. The summed E-state index contributed by atoms with van der Waals surface area (Å²) in [5, 5.41) is 11.8. The third-order valence-corrected chi connectivity index (χ3v) is 3.80. The second kappa shape index (κ2) is 6.52. The van der Waals surface area contributed by atoms with Gasteiger partial charge in [0, 0.05) is 23.2 Å². The van der Waals surface area contributed by atoms with E-state index in [1.54, 1.807) is 19.3 Å². The van der Waals surface area contributed by atoms with Crippen molar-refractivity contribution in [3.05, 3.63) is 48.0 Å². The maximum absolute atomic E-state index is 13.2. The van der Waals surface area contributed by atoms with Crippen molar-refractivity contribution in [3.8, 4) is 5.69 Å². The van der Waals surface area contributed by atoms with E-state index in [2.05, 4.69) is 20.6 Å². The van der Waals surface area contributed by atoms with Gasteiger partial charge in [0.2, 0.25) is 0 Å². The Hall–Kier alpha value is -2.94. The number of nitrogens with zero attached hydrogens (tertiary/aromatic N) is 4. The van der Waals surface area contributed by atoms with Crippen LogP contribution in [0.2, 0.25) is 0 Å². The molecular formula is C16H16F2N6O. The molecule has 3 rings (SSSR count). The normalized spacial score (nSPS) is 11.7. The average Bonchev–Trinajstić information content (AvgIpc) is 3.00. The number of aromatic nitrogens is 4. The van der Waals surface area contributed by atoms with Crippen LogP contribution in [0.25, 0.3) is 16.5 Å². The molecule has 0 unspecified atom stereocenters. The molecule has 0 radical (unpaired) electrons. The number of rotatable bonds is 5. The lowest BCUT2D eigenvalue weighted by atomic mass is 10.1. The SMILES string of the molecule is Cc1c(C(=O)NCC(F)(F)CN)nnn1-c1cccc2cnccc12. The van der Waals surface area contributed by atoms with E-state index >= 15 is 0 Å². The molecule has 2 aromatic heterocycles. The quantitative estimate of drug-likeness (QED) is 0.728. The van der Waals surface area contributed by atoms with Crippen LogP contribution >= 0.6 is 0 Å². The lowest BCUT2D eigenvalue weighted by Crippen LogP contribution is -2.41. The van der Waals surface area contributed by atoms with E-state index in [9.17, 15) is 13.6 Å². The molecule has 1 aromatic carbocycles. The third-order valence-electron chi connectivity index (χ3n) is 3.80. The molecule has 2 heterocycles. The fraction of sp³-hybridized carbons (Fsp3) is 0.250. The first-order valence-corrected chi connectivity index (χ1v) is 7.54. The Kier molecular flexibility index (Phi) is 4.41. The monoisotopic (exact) mass is 346 g/mol. The highest BCUT2D eigenvalue weighted by molar-refractivity contribution is 5.94. The largest absolute Gasteiger partial charge is 0.344 e. The Morgan fingerprint density at radius 3 is 2.92 bits per heavy atom. The number of alkyl halides is 2. The zero-order valence-corrected chi connectivity index (χ0v) is 13.4. The molecule has 7 nitrogen and oxygen atoms in total. The number of nitrogens with two attached hydrogens (primary N) is 1. The summed E-state index contributed by atoms with van der Waals surface area (Å²) in [5.41, 5.74) is 6.10. The van der Waals surface area contributed by atoms with Gasteiger partial charge < -0.3 is 11.1 Å². The van der Waals surface area contributed by atoms with E-state index in [1.807, 2.05) is 24.3 Å². The second-order valence-electron chi connectivity index (χ2n) is 5.55. The Labute approximate surface area is 141 Å². The van der Waals surface area contributed by atoms with Crippen LogP contribution in [-0.4, -0.2) is 44.9 Å². The Balaban J connectivity index is 1.92. The van der Waals surface area contributed by atoms with Crippen molar-refractivity contribution in [1.29, 1.82) is 0 Å². The summed E-state index contributed by atoms with van der Waals surface area (Å²) in [4.78, 5) is 16.2. The van der Waals surface area contributed by atoms with E-state index in [4.69, 9.17) is 5.73 Å². The molecule has 0 aliphatic carbocycles. The molecule has 1 amide bonds. The van der Waals surface area contributed by atoms with Gasteiger partial charge in [0.15, 0.2) is 5.69 Å². The minimum Gasteiger partial charge on any atom is -0.344 e. The van der Waals surface area contributed by atoms with Gasteiger partial charge in [0.25, 0.3) is 11.8 Å². The summed E-state index contributed by atoms with van der Waals surface area (Å²) in [6.07, 6.45) is 3.37. The molecule has 0 spiro atoms. The number of fused-ring (bicyclic) bond motifs is 1. The van der Waals surface area contributed by atoms with Gasteiger partial charge in [-0.3, -0.25) is 9.78 Å². The molecule has 130 valence electrons. The predicted molar refractivity (Wildman–Crippen MR) is 87.7 cm³/mol. The lowest BCUT2D eigenvalue weighted by molar-refractivity contribution is 0.0118. The van der Waals surface area contributed by atoms with Gasteiger partial charge in [-0.25, -0.2) is 13.5 Å². The van der Waals surface area contributed by atoms with E-state index in [1.165, 1.54) is 4.68 Å². The van der Waals surface area contributed by atoms with E-state index < -0.39 is 24.9 Å². The lowest BCUT2D eigenvalue weighted by Gasteiger charge is -2.14. The average molecular weight is 346 g/mol. The van der Waals surface area contributed by atoms with Gasteiger partial charge in [0.1, 0.15) is 0 Å². The van der Waals surface area contributed by atoms with Gasteiger partial charge in [-0.2, -0.15) is 0 Å². The smallest absolute Gasteiger partial charge is 0.277 e. The van der Waals surface area contributed by atoms with Crippen LogP contribution in [0, 0.1) is 6.92 Å². The van der Waals surface area contributed by atoms with Crippen molar-refractivity contribution < 1.29 is 13.6 Å². The zero-order chi connectivity index (χ0) is 18.0. The van der Waals surface area contributed by atoms with Crippen LogP contribution in [0.4, 0.5) is 8.78 Å². The third kappa shape index (κ3) is 3.31. The van der Waals surface area contributed by atoms with Crippen LogP contribution in [-0.2, 0) is 0 Å². The first kappa shape index (κ1) is 16.9. The number of halogens is 2. The van der Waals surface area contributed by atoms with Crippen LogP contribution in [0.1, 0.15) is 16.2 Å². The minimum atomic E-state index is -3.16. The molecule has 25 heavy (non-hydrogen) atoms. The van der Waals surface area contributed by atoms with Crippen molar-refractivity contribution >= 4 is 16.7 Å². The summed E-state index contributed by atoms with van der Waals surface area (Å²) in [5.74, 6) is -3.89. The van der Waals surface area contributed by atoms with E-state index in [-0.39, 0.29) is 5.69 Å². The Morgan fingerprint density at radius 2 is 2.16 bits per heavy atom. The summed E-state index contributed by atoms with van der Waals surface area (Å²) < 4.78 is 27.9. The fourth-order valence-corrected chi connectivity index (χ4v) is 2.42. The van der Waals surface area contributed by atoms with Crippen LogP contribution in [0.3, 0.4) is 0 Å². The maximum Gasteiger partial charge on any atom is 0.277 e.